The third kappa shape index (κ3) is 8.63. The van der Waals surface area contributed by atoms with Gasteiger partial charge in [-0.25, -0.2) is 14.6 Å². The Morgan fingerprint density at radius 1 is 1.00 bits per heavy atom. The average Bonchev–Trinajstić information content (AvgIpc) is 2.80. The lowest BCUT2D eigenvalue weighted by Gasteiger charge is -2.24. The zero-order valence-electron chi connectivity index (χ0n) is 22.8. The molecule has 3 rings (SSSR count). The molecule has 3 N–H and O–H groups in total. The smallest absolute Gasteiger partial charge is 0.410 e. The second-order valence-electron chi connectivity index (χ2n) is 10.5. The predicted molar refractivity (Wildman–Crippen MR) is 149 cm³/mol. The number of amides is 3. The summed E-state index contributed by atoms with van der Waals surface area (Å²) in [6.07, 6.45) is 0.345. The number of hydrogen-bond donors (Lipinski definition) is 3. The van der Waals surface area contributed by atoms with Crippen LogP contribution in [-0.4, -0.2) is 52.7 Å². The lowest BCUT2D eigenvalue weighted by atomic mass is 10.1. The van der Waals surface area contributed by atoms with Crippen LogP contribution in [-0.2, 0) is 4.74 Å². The highest BCUT2D eigenvalue weighted by molar-refractivity contribution is 6.00. The summed E-state index contributed by atoms with van der Waals surface area (Å²) < 4.78 is 5.38. The van der Waals surface area contributed by atoms with Gasteiger partial charge in [0.2, 0.25) is 5.95 Å². The van der Waals surface area contributed by atoms with Crippen LogP contribution in [0.25, 0.3) is 10.8 Å². The van der Waals surface area contributed by atoms with E-state index >= 15 is 0 Å². The van der Waals surface area contributed by atoms with Crippen LogP contribution in [0.1, 0.15) is 58.2 Å². The molecule has 0 unspecified atom stereocenters. The summed E-state index contributed by atoms with van der Waals surface area (Å²) in [6, 6.07) is 13.4. The number of aromatic nitrogens is 2. The zero-order valence-corrected chi connectivity index (χ0v) is 22.8. The fraction of sp³-hybridized carbons (Fsp3) is 0.429. The molecule has 198 valence electrons. The van der Waals surface area contributed by atoms with Crippen molar-refractivity contribution in [3.8, 4) is 0 Å². The van der Waals surface area contributed by atoms with Crippen LogP contribution < -0.4 is 16.0 Å². The van der Waals surface area contributed by atoms with Crippen molar-refractivity contribution < 1.29 is 14.3 Å². The van der Waals surface area contributed by atoms with Gasteiger partial charge in [0, 0.05) is 31.9 Å². The number of anilines is 3. The van der Waals surface area contributed by atoms with Gasteiger partial charge in [-0.2, -0.15) is 4.98 Å². The van der Waals surface area contributed by atoms with Gasteiger partial charge in [-0.3, -0.25) is 5.32 Å². The molecule has 1 heterocycles. The monoisotopic (exact) mass is 506 g/mol. The van der Waals surface area contributed by atoms with Gasteiger partial charge in [0.1, 0.15) is 11.4 Å². The fourth-order valence-electron chi connectivity index (χ4n) is 3.58. The fourth-order valence-corrected chi connectivity index (χ4v) is 3.58. The zero-order chi connectivity index (χ0) is 27.2. The maximum Gasteiger partial charge on any atom is 0.410 e. The molecular weight excluding hydrogens is 468 g/mol. The van der Waals surface area contributed by atoms with E-state index in [0.29, 0.717) is 31.0 Å². The molecule has 0 aliphatic heterocycles. The lowest BCUT2D eigenvalue weighted by Crippen LogP contribution is -2.35. The molecule has 0 saturated heterocycles. The van der Waals surface area contributed by atoms with Crippen molar-refractivity contribution in [1.29, 1.82) is 0 Å². The van der Waals surface area contributed by atoms with Gasteiger partial charge in [0.05, 0.1) is 5.69 Å². The van der Waals surface area contributed by atoms with Crippen LogP contribution in [0.5, 0.6) is 0 Å². The molecule has 1 aromatic heterocycles. The highest BCUT2D eigenvalue weighted by Crippen LogP contribution is 2.21. The first kappa shape index (κ1) is 27.7. The van der Waals surface area contributed by atoms with Crippen LogP contribution in [0.2, 0.25) is 0 Å². The summed E-state index contributed by atoms with van der Waals surface area (Å²) in [7, 11) is 1.72. The highest BCUT2D eigenvalue weighted by atomic mass is 16.6. The topological polar surface area (TPSA) is 108 Å². The molecule has 2 aromatic carbocycles. The van der Waals surface area contributed by atoms with Crippen molar-refractivity contribution in [2.24, 2.45) is 0 Å². The molecule has 0 aliphatic carbocycles. The highest BCUT2D eigenvalue weighted by Gasteiger charge is 2.19. The minimum Gasteiger partial charge on any atom is -0.444 e. The van der Waals surface area contributed by atoms with E-state index in [-0.39, 0.29) is 18.0 Å². The van der Waals surface area contributed by atoms with Crippen molar-refractivity contribution in [1.82, 2.24) is 14.9 Å². The first-order chi connectivity index (χ1) is 17.4. The molecule has 0 aliphatic rings. The van der Waals surface area contributed by atoms with Crippen LogP contribution in [0, 0.1) is 6.92 Å². The molecule has 0 spiro atoms. The minimum atomic E-state index is -0.527. The first-order valence-electron chi connectivity index (χ1n) is 12.5. The molecule has 0 saturated carbocycles. The van der Waals surface area contributed by atoms with Gasteiger partial charge in [0.25, 0.3) is 0 Å². The van der Waals surface area contributed by atoms with Crippen LogP contribution in [0.3, 0.4) is 0 Å². The molecule has 0 atom stereocenters. The second kappa shape index (κ2) is 11.9. The van der Waals surface area contributed by atoms with E-state index in [1.165, 1.54) is 0 Å². The number of urea groups is 1. The number of nitrogens with one attached hydrogen (secondary N) is 3. The molecular formula is C28H38N6O3. The first-order valence-corrected chi connectivity index (χ1v) is 12.5. The Bertz CT molecular complexity index is 1250. The molecule has 9 heteroatoms. The molecule has 37 heavy (non-hydrogen) atoms. The maximum absolute atomic E-state index is 12.7. The van der Waals surface area contributed by atoms with E-state index in [2.05, 4.69) is 44.1 Å². The number of carbonyl (C=O) groups is 2. The Kier molecular flexibility index (Phi) is 8.91. The minimum absolute atomic E-state index is 0.147. The molecule has 0 bridgehead atoms. The molecule has 3 amide bonds. The number of benzene rings is 2. The van der Waals surface area contributed by atoms with E-state index in [1.54, 1.807) is 11.9 Å². The summed E-state index contributed by atoms with van der Waals surface area (Å²) in [4.78, 5) is 35.3. The van der Waals surface area contributed by atoms with Crippen molar-refractivity contribution in [3.05, 3.63) is 53.7 Å². The number of ether oxygens (including phenoxy) is 1. The van der Waals surface area contributed by atoms with Crippen LogP contribution in [0.15, 0.2) is 42.5 Å². The van der Waals surface area contributed by atoms with Gasteiger partial charge in [-0.1, -0.05) is 43.7 Å². The molecule has 3 aromatic rings. The third-order valence-corrected chi connectivity index (χ3v) is 5.50. The molecule has 9 nitrogen and oxygen atoms in total. The number of carbonyl (C=O) groups excluding carboxylic acids is 2. The summed E-state index contributed by atoms with van der Waals surface area (Å²) in [5.41, 5.74) is 2.12. The van der Waals surface area contributed by atoms with Gasteiger partial charge < -0.3 is 20.3 Å². The quantitative estimate of drug-likeness (QED) is 0.306. The normalized spacial score (nSPS) is 11.4. The molecule has 0 fully saturated rings. The van der Waals surface area contributed by atoms with E-state index in [4.69, 9.17) is 4.74 Å². The van der Waals surface area contributed by atoms with Gasteiger partial charge in [0.15, 0.2) is 0 Å². The van der Waals surface area contributed by atoms with Crippen LogP contribution in [0.4, 0.5) is 27.0 Å². The van der Waals surface area contributed by atoms with E-state index in [1.807, 2.05) is 65.8 Å². The number of hydrogen-bond acceptors (Lipinski definition) is 6. The summed E-state index contributed by atoms with van der Waals surface area (Å²) >= 11 is 0. The summed E-state index contributed by atoms with van der Waals surface area (Å²) in [5.74, 6) is 0.970. The van der Waals surface area contributed by atoms with E-state index in [0.717, 1.165) is 22.0 Å². The molecule has 0 radical (unpaired) electrons. The average molecular weight is 507 g/mol. The summed E-state index contributed by atoms with van der Waals surface area (Å²) in [5, 5.41) is 11.0. The standard InChI is InChI=1S/C28H38N6O3/c1-18(2)23-17-24(29-13-8-14-34(7)27(36)37-28(4,5)6)32-25(31-23)33-26(35)30-22-12-11-20-10-9-19(3)15-21(20)16-22/h9-12,15-18H,8,13-14H2,1-7H3,(H3,29,30,31,32,33,35). The Balaban J connectivity index is 1.60. The predicted octanol–water partition coefficient (Wildman–Crippen LogP) is 6.37. The number of rotatable bonds is 8. The summed E-state index contributed by atoms with van der Waals surface area (Å²) in [6.45, 7) is 12.7. The van der Waals surface area contributed by atoms with Gasteiger partial charge >= 0.3 is 12.1 Å². The largest absolute Gasteiger partial charge is 0.444 e. The van der Waals surface area contributed by atoms with Gasteiger partial charge in [-0.05, 0) is 62.9 Å². The second-order valence-corrected chi connectivity index (χ2v) is 10.5. The lowest BCUT2D eigenvalue weighted by molar-refractivity contribution is 0.0298. The van der Waals surface area contributed by atoms with Crippen molar-refractivity contribution >= 4 is 40.4 Å². The van der Waals surface area contributed by atoms with Crippen molar-refractivity contribution in [2.45, 2.75) is 59.5 Å². The van der Waals surface area contributed by atoms with Gasteiger partial charge in [-0.15, -0.1) is 0 Å². The SMILES string of the molecule is Cc1ccc2ccc(NC(=O)Nc3nc(NCCCN(C)C(=O)OC(C)(C)C)cc(C(C)C)n3)cc2c1. The number of aryl methyl sites for hydroxylation is 1. The third-order valence-electron chi connectivity index (χ3n) is 5.50. The maximum atomic E-state index is 12.7. The number of nitrogens with zero attached hydrogens (tertiary/aromatic N) is 3. The van der Waals surface area contributed by atoms with E-state index in [9.17, 15) is 9.59 Å². The van der Waals surface area contributed by atoms with E-state index < -0.39 is 11.6 Å². The Hall–Kier alpha value is -3.88. The van der Waals surface area contributed by atoms with Crippen molar-refractivity contribution in [3.63, 3.8) is 0 Å². The Morgan fingerprint density at radius 2 is 1.73 bits per heavy atom. The Morgan fingerprint density at radius 3 is 2.43 bits per heavy atom. The van der Waals surface area contributed by atoms with Crippen LogP contribution >= 0.6 is 0 Å². The number of fused-ring (bicyclic) bond motifs is 1. The Labute approximate surface area is 219 Å². The van der Waals surface area contributed by atoms with Crippen molar-refractivity contribution in [2.75, 3.05) is 36.1 Å².